The summed E-state index contributed by atoms with van der Waals surface area (Å²) in [6, 6.07) is 7.86. The Labute approximate surface area is 157 Å². The monoisotopic (exact) mass is 369 g/mol. The third kappa shape index (κ3) is 3.90. The molecule has 0 aromatic carbocycles. The van der Waals surface area contributed by atoms with E-state index in [0.29, 0.717) is 25.9 Å². The Kier molecular flexibility index (Phi) is 5.20. The molecule has 0 atom stereocenters. The van der Waals surface area contributed by atoms with Gasteiger partial charge in [0, 0.05) is 23.4 Å². The van der Waals surface area contributed by atoms with Crippen molar-refractivity contribution < 1.29 is 9.21 Å². The molecule has 1 amide bonds. The Morgan fingerprint density at radius 2 is 2.15 bits per heavy atom. The molecule has 6 heteroatoms. The van der Waals surface area contributed by atoms with Crippen LogP contribution in [0.4, 0.5) is 0 Å². The zero-order valence-corrected chi connectivity index (χ0v) is 15.6. The van der Waals surface area contributed by atoms with Crippen LogP contribution in [0.1, 0.15) is 46.9 Å². The van der Waals surface area contributed by atoms with Crippen LogP contribution in [-0.4, -0.2) is 21.0 Å². The van der Waals surface area contributed by atoms with E-state index >= 15 is 0 Å². The first-order chi connectivity index (χ1) is 12.8. The maximum absolute atomic E-state index is 12.9. The minimum Gasteiger partial charge on any atom is -0.467 e. The summed E-state index contributed by atoms with van der Waals surface area (Å²) in [5.74, 6) is 0.953. The lowest BCUT2D eigenvalue weighted by molar-refractivity contribution is -0.132. The summed E-state index contributed by atoms with van der Waals surface area (Å²) in [5, 5.41) is 9.67. The lowest BCUT2D eigenvalue weighted by atomic mass is 9.94. The minimum atomic E-state index is 0.141. The lowest BCUT2D eigenvalue weighted by Gasteiger charge is -2.21. The summed E-state index contributed by atoms with van der Waals surface area (Å²) in [4.78, 5) is 16.0. The van der Waals surface area contributed by atoms with Crippen molar-refractivity contribution in [2.45, 2.75) is 51.6 Å². The van der Waals surface area contributed by atoms with Gasteiger partial charge in [-0.3, -0.25) is 9.89 Å². The summed E-state index contributed by atoms with van der Waals surface area (Å²) in [6.07, 6.45) is 7.44. The molecule has 0 spiro atoms. The number of hydrogen-bond donors (Lipinski definition) is 1. The normalized spacial score (nSPS) is 13.5. The maximum Gasteiger partial charge on any atom is 0.223 e. The van der Waals surface area contributed by atoms with E-state index in [1.54, 1.807) is 17.6 Å². The molecule has 1 aliphatic rings. The fraction of sp³-hybridized carbons (Fsp3) is 0.400. The standard InChI is InChI=1S/C20H23N3O2S/c24-20(10-9-19-17-7-1-2-8-18(17)21-22-19)23(13-15-5-3-11-25-15)14-16-6-4-12-26-16/h3-6,11-12H,1-2,7-10,13-14H2,(H,21,22). The van der Waals surface area contributed by atoms with E-state index in [2.05, 4.69) is 16.3 Å². The largest absolute Gasteiger partial charge is 0.467 e. The van der Waals surface area contributed by atoms with Crippen LogP contribution >= 0.6 is 11.3 Å². The van der Waals surface area contributed by atoms with E-state index in [0.717, 1.165) is 24.3 Å². The molecule has 5 nitrogen and oxygen atoms in total. The number of carbonyl (C=O) groups excluding carboxylic acids is 1. The Morgan fingerprint density at radius 1 is 1.23 bits per heavy atom. The topological polar surface area (TPSA) is 62.1 Å². The van der Waals surface area contributed by atoms with Crippen molar-refractivity contribution in [2.75, 3.05) is 0 Å². The second-order valence-electron chi connectivity index (χ2n) is 6.74. The number of aromatic amines is 1. The van der Waals surface area contributed by atoms with Crippen molar-refractivity contribution in [1.29, 1.82) is 0 Å². The van der Waals surface area contributed by atoms with Crippen LogP contribution in [-0.2, 0) is 37.1 Å². The molecule has 0 radical (unpaired) electrons. The molecule has 136 valence electrons. The van der Waals surface area contributed by atoms with E-state index < -0.39 is 0 Å². The highest BCUT2D eigenvalue weighted by atomic mass is 32.1. The first-order valence-electron chi connectivity index (χ1n) is 9.17. The number of nitrogens with one attached hydrogen (secondary N) is 1. The number of fused-ring (bicyclic) bond motifs is 1. The number of aromatic nitrogens is 2. The number of hydrogen-bond acceptors (Lipinski definition) is 4. The highest BCUT2D eigenvalue weighted by Crippen LogP contribution is 2.23. The number of rotatable bonds is 7. The molecule has 0 bridgehead atoms. The van der Waals surface area contributed by atoms with Gasteiger partial charge in [-0.15, -0.1) is 11.3 Å². The smallest absolute Gasteiger partial charge is 0.223 e. The molecule has 3 heterocycles. The Bertz CT molecular complexity index is 800. The highest BCUT2D eigenvalue weighted by molar-refractivity contribution is 7.09. The van der Waals surface area contributed by atoms with E-state index in [1.807, 2.05) is 28.5 Å². The van der Waals surface area contributed by atoms with E-state index in [-0.39, 0.29) is 5.91 Å². The molecule has 0 fully saturated rings. The Morgan fingerprint density at radius 3 is 2.96 bits per heavy atom. The molecule has 0 saturated heterocycles. The number of H-pyrrole nitrogens is 1. The van der Waals surface area contributed by atoms with Crippen molar-refractivity contribution in [1.82, 2.24) is 15.1 Å². The van der Waals surface area contributed by atoms with Crippen molar-refractivity contribution in [3.63, 3.8) is 0 Å². The van der Waals surface area contributed by atoms with Gasteiger partial charge in [-0.2, -0.15) is 5.10 Å². The molecule has 0 unspecified atom stereocenters. The highest BCUT2D eigenvalue weighted by Gasteiger charge is 2.20. The van der Waals surface area contributed by atoms with Crippen molar-refractivity contribution >= 4 is 17.2 Å². The second-order valence-corrected chi connectivity index (χ2v) is 7.78. The molecule has 26 heavy (non-hydrogen) atoms. The van der Waals surface area contributed by atoms with Crippen molar-refractivity contribution in [3.05, 3.63) is 63.5 Å². The predicted molar refractivity (Wildman–Crippen MR) is 101 cm³/mol. The molecule has 1 N–H and O–H groups in total. The molecule has 1 aliphatic carbocycles. The zero-order chi connectivity index (χ0) is 17.8. The fourth-order valence-corrected chi connectivity index (χ4v) is 4.27. The Hall–Kier alpha value is -2.34. The zero-order valence-electron chi connectivity index (χ0n) is 14.7. The first-order valence-corrected chi connectivity index (χ1v) is 10.0. The molecular formula is C20H23N3O2S. The molecule has 0 aliphatic heterocycles. The maximum atomic E-state index is 12.9. The van der Waals surface area contributed by atoms with Gasteiger partial charge in [-0.05, 0) is 54.8 Å². The SMILES string of the molecule is O=C(CCc1n[nH]c2c1CCCC2)N(Cc1ccco1)Cc1cccs1. The fourth-order valence-electron chi connectivity index (χ4n) is 3.55. The van der Waals surface area contributed by atoms with Crippen LogP contribution < -0.4 is 0 Å². The quantitative estimate of drug-likeness (QED) is 0.682. The van der Waals surface area contributed by atoms with Gasteiger partial charge in [0.2, 0.25) is 5.91 Å². The van der Waals surface area contributed by atoms with Gasteiger partial charge in [0.05, 0.1) is 25.0 Å². The number of carbonyl (C=O) groups is 1. The van der Waals surface area contributed by atoms with Gasteiger partial charge < -0.3 is 9.32 Å². The lowest BCUT2D eigenvalue weighted by Crippen LogP contribution is -2.30. The van der Waals surface area contributed by atoms with E-state index in [9.17, 15) is 4.79 Å². The third-order valence-corrected chi connectivity index (χ3v) is 5.79. The molecule has 3 aromatic rings. The number of amides is 1. The summed E-state index contributed by atoms with van der Waals surface area (Å²) < 4.78 is 5.45. The predicted octanol–water partition coefficient (Wildman–Crippen LogP) is 4.10. The summed E-state index contributed by atoms with van der Waals surface area (Å²) in [6.45, 7) is 1.12. The van der Waals surface area contributed by atoms with Gasteiger partial charge >= 0.3 is 0 Å². The molecular weight excluding hydrogens is 346 g/mol. The van der Waals surface area contributed by atoms with Gasteiger partial charge in [0.1, 0.15) is 5.76 Å². The average Bonchev–Trinajstić information content (AvgIpc) is 3.41. The van der Waals surface area contributed by atoms with Crippen molar-refractivity contribution in [2.24, 2.45) is 0 Å². The second kappa shape index (κ2) is 7.91. The molecule has 4 rings (SSSR count). The van der Waals surface area contributed by atoms with Gasteiger partial charge in [-0.25, -0.2) is 0 Å². The Balaban J connectivity index is 1.42. The van der Waals surface area contributed by atoms with E-state index in [1.165, 1.54) is 29.0 Å². The van der Waals surface area contributed by atoms with Crippen LogP contribution in [0.25, 0.3) is 0 Å². The van der Waals surface area contributed by atoms with Gasteiger partial charge in [0.15, 0.2) is 0 Å². The van der Waals surface area contributed by atoms with E-state index in [4.69, 9.17) is 4.42 Å². The average molecular weight is 369 g/mol. The van der Waals surface area contributed by atoms with Crippen LogP contribution in [0.2, 0.25) is 0 Å². The molecule has 0 saturated carbocycles. The van der Waals surface area contributed by atoms with Gasteiger partial charge in [0.25, 0.3) is 0 Å². The van der Waals surface area contributed by atoms with Crippen LogP contribution in [0.5, 0.6) is 0 Å². The van der Waals surface area contributed by atoms with Crippen LogP contribution in [0.3, 0.4) is 0 Å². The number of nitrogens with zero attached hydrogens (tertiary/aromatic N) is 2. The third-order valence-electron chi connectivity index (χ3n) is 4.92. The van der Waals surface area contributed by atoms with Crippen molar-refractivity contribution in [3.8, 4) is 0 Å². The summed E-state index contributed by atoms with van der Waals surface area (Å²) in [7, 11) is 0. The summed E-state index contributed by atoms with van der Waals surface area (Å²) in [5.41, 5.74) is 3.69. The van der Waals surface area contributed by atoms with Crippen LogP contribution in [0.15, 0.2) is 40.3 Å². The van der Waals surface area contributed by atoms with Crippen LogP contribution in [0, 0.1) is 0 Å². The minimum absolute atomic E-state index is 0.141. The first kappa shape index (κ1) is 17.1. The summed E-state index contributed by atoms with van der Waals surface area (Å²) >= 11 is 1.67. The number of furan rings is 1. The number of aryl methyl sites for hydroxylation is 2. The van der Waals surface area contributed by atoms with Gasteiger partial charge in [-0.1, -0.05) is 6.07 Å². The number of thiophene rings is 1. The molecule has 3 aromatic heterocycles.